The number of anilines is 1. The summed E-state index contributed by atoms with van der Waals surface area (Å²) in [6.07, 6.45) is 0. The van der Waals surface area contributed by atoms with Gasteiger partial charge >= 0.3 is 0 Å². The Kier molecular flexibility index (Phi) is 3.45. The van der Waals surface area contributed by atoms with Crippen LogP contribution in [0.1, 0.15) is 6.92 Å². The predicted molar refractivity (Wildman–Crippen MR) is 56.2 cm³/mol. The van der Waals surface area contributed by atoms with Crippen LogP contribution in [-0.2, 0) is 0 Å². The first-order valence-corrected chi connectivity index (χ1v) is 4.51. The topological polar surface area (TPSA) is 46.4 Å². The van der Waals surface area contributed by atoms with E-state index in [1.54, 1.807) is 6.92 Å². The molecule has 1 atom stereocenters. The Hall–Kier alpha value is -1.58. The smallest absolute Gasteiger partial charge is 0.227 e. The van der Waals surface area contributed by atoms with Gasteiger partial charge in [-0.2, -0.15) is 0 Å². The van der Waals surface area contributed by atoms with E-state index in [1.165, 1.54) is 0 Å². The second kappa shape index (κ2) is 4.60. The second-order valence-electron chi connectivity index (χ2n) is 3.35. The van der Waals surface area contributed by atoms with Crippen LogP contribution in [0.4, 0.5) is 5.69 Å². The molecule has 0 amide bonds. The maximum absolute atomic E-state index is 10.4. The van der Waals surface area contributed by atoms with E-state index in [2.05, 4.69) is 0 Å². The molecule has 0 aliphatic rings. The van der Waals surface area contributed by atoms with Crippen LogP contribution < -0.4 is 4.90 Å². The summed E-state index contributed by atoms with van der Waals surface area (Å²) < 4.78 is 0. The molecule has 76 valence electrons. The zero-order valence-electron chi connectivity index (χ0n) is 8.38. The Morgan fingerprint density at radius 2 is 2.00 bits per heavy atom. The Morgan fingerprint density at radius 3 is 2.50 bits per heavy atom. The lowest BCUT2D eigenvalue weighted by Gasteiger charge is -2.19. The maximum atomic E-state index is 10.4. The normalized spacial score (nSPS) is 12.1. The largest absolute Gasteiger partial charge is 0.368 e. The molecule has 4 nitrogen and oxygen atoms in total. The molecular formula is C10H14N2O2. The van der Waals surface area contributed by atoms with Crippen molar-refractivity contribution in [3.8, 4) is 0 Å². The summed E-state index contributed by atoms with van der Waals surface area (Å²) in [6, 6.07) is 9.10. The first-order chi connectivity index (χ1) is 6.61. The molecule has 4 heteroatoms. The van der Waals surface area contributed by atoms with Crippen molar-refractivity contribution in [2.24, 2.45) is 0 Å². The molecule has 0 radical (unpaired) electrons. The minimum absolute atomic E-state index is 0.264. The first kappa shape index (κ1) is 10.5. The van der Waals surface area contributed by atoms with Gasteiger partial charge in [0.15, 0.2) is 0 Å². The van der Waals surface area contributed by atoms with E-state index in [9.17, 15) is 10.1 Å². The van der Waals surface area contributed by atoms with Crippen molar-refractivity contribution in [3.05, 3.63) is 40.4 Å². The van der Waals surface area contributed by atoms with Crippen LogP contribution in [0.2, 0.25) is 0 Å². The lowest BCUT2D eigenvalue weighted by atomic mass is 10.2. The van der Waals surface area contributed by atoms with Crippen molar-refractivity contribution in [1.82, 2.24) is 0 Å². The molecule has 0 spiro atoms. The molecule has 0 saturated carbocycles. The van der Waals surface area contributed by atoms with Crippen molar-refractivity contribution in [1.29, 1.82) is 0 Å². The van der Waals surface area contributed by atoms with Gasteiger partial charge in [-0.15, -0.1) is 0 Å². The number of rotatable bonds is 4. The van der Waals surface area contributed by atoms with Gasteiger partial charge in [-0.3, -0.25) is 10.1 Å². The number of hydrogen-bond acceptors (Lipinski definition) is 3. The summed E-state index contributed by atoms with van der Waals surface area (Å²) in [5, 5.41) is 10.4. The number of likely N-dealkylation sites (N-methyl/N-ethyl adjacent to an activating group) is 1. The van der Waals surface area contributed by atoms with Gasteiger partial charge in [-0.05, 0) is 12.1 Å². The lowest BCUT2D eigenvalue weighted by Crippen LogP contribution is -2.32. The standard InChI is InChI=1S/C10H14N2O2/c1-9(12(13)14)8-11(2)10-6-4-3-5-7-10/h3-7,9H,8H2,1-2H3. The van der Waals surface area contributed by atoms with E-state index in [-0.39, 0.29) is 4.92 Å². The van der Waals surface area contributed by atoms with Crippen molar-refractivity contribution in [2.45, 2.75) is 13.0 Å². The summed E-state index contributed by atoms with van der Waals surface area (Å²) >= 11 is 0. The van der Waals surface area contributed by atoms with E-state index >= 15 is 0 Å². The van der Waals surface area contributed by atoms with Crippen LogP contribution in [-0.4, -0.2) is 24.6 Å². The fraction of sp³-hybridized carbons (Fsp3) is 0.400. The molecule has 0 aromatic heterocycles. The van der Waals surface area contributed by atoms with Crippen LogP contribution >= 0.6 is 0 Å². The van der Waals surface area contributed by atoms with Gasteiger partial charge < -0.3 is 4.90 Å². The van der Waals surface area contributed by atoms with Crippen molar-refractivity contribution >= 4 is 5.69 Å². The quantitative estimate of drug-likeness (QED) is 0.542. The van der Waals surface area contributed by atoms with E-state index < -0.39 is 6.04 Å². The second-order valence-corrected chi connectivity index (χ2v) is 3.35. The highest BCUT2D eigenvalue weighted by molar-refractivity contribution is 5.44. The van der Waals surface area contributed by atoms with Gasteiger partial charge in [0.25, 0.3) is 0 Å². The summed E-state index contributed by atoms with van der Waals surface area (Å²) in [7, 11) is 1.86. The molecule has 0 bridgehead atoms. The lowest BCUT2D eigenvalue weighted by molar-refractivity contribution is -0.514. The first-order valence-electron chi connectivity index (χ1n) is 4.51. The molecule has 0 saturated heterocycles. The molecule has 0 fully saturated rings. The van der Waals surface area contributed by atoms with E-state index in [0.717, 1.165) is 5.69 Å². The molecule has 1 aromatic rings. The van der Waals surface area contributed by atoms with Gasteiger partial charge in [0.05, 0.1) is 6.54 Å². The molecule has 14 heavy (non-hydrogen) atoms. The number of nitro groups is 1. The minimum atomic E-state index is -0.541. The number of hydrogen-bond donors (Lipinski definition) is 0. The summed E-state index contributed by atoms with van der Waals surface area (Å²) in [5.74, 6) is 0. The summed E-state index contributed by atoms with van der Waals surface area (Å²) in [6.45, 7) is 2.04. The summed E-state index contributed by atoms with van der Waals surface area (Å²) in [4.78, 5) is 12.1. The Morgan fingerprint density at radius 1 is 1.43 bits per heavy atom. The molecule has 1 rings (SSSR count). The Balaban J connectivity index is 2.59. The third-order valence-electron chi connectivity index (χ3n) is 2.09. The molecule has 0 aliphatic carbocycles. The van der Waals surface area contributed by atoms with Gasteiger partial charge in [0, 0.05) is 24.6 Å². The van der Waals surface area contributed by atoms with Crippen LogP contribution in [0.25, 0.3) is 0 Å². The molecule has 0 aliphatic heterocycles. The van der Waals surface area contributed by atoms with Crippen molar-refractivity contribution in [3.63, 3.8) is 0 Å². The third kappa shape index (κ3) is 2.73. The minimum Gasteiger partial charge on any atom is -0.368 e. The maximum Gasteiger partial charge on any atom is 0.227 e. The highest BCUT2D eigenvalue weighted by Gasteiger charge is 2.15. The molecule has 1 unspecified atom stereocenters. The van der Waals surface area contributed by atoms with Crippen molar-refractivity contribution in [2.75, 3.05) is 18.5 Å². The Labute approximate surface area is 83.3 Å². The van der Waals surface area contributed by atoms with Crippen LogP contribution in [0, 0.1) is 10.1 Å². The molecular weight excluding hydrogens is 180 g/mol. The SMILES string of the molecule is CC(CN(C)c1ccccc1)[N+](=O)[O-]. The van der Waals surface area contributed by atoms with Crippen molar-refractivity contribution < 1.29 is 4.92 Å². The fourth-order valence-corrected chi connectivity index (χ4v) is 1.25. The number of nitrogens with zero attached hydrogens (tertiary/aromatic N) is 2. The monoisotopic (exact) mass is 194 g/mol. The average Bonchev–Trinajstić information content (AvgIpc) is 2.19. The molecule has 1 aromatic carbocycles. The summed E-state index contributed by atoms with van der Waals surface area (Å²) in [5.41, 5.74) is 1.00. The van der Waals surface area contributed by atoms with Gasteiger partial charge in [-0.25, -0.2) is 0 Å². The third-order valence-corrected chi connectivity index (χ3v) is 2.09. The number of benzene rings is 1. The average molecular weight is 194 g/mol. The van der Waals surface area contributed by atoms with E-state index in [1.807, 2.05) is 42.3 Å². The molecule has 0 heterocycles. The number of para-hydroxylation sites is 1. The van der Waals surface area contributed by atoms with Crippen LogP contribution in [0.5, 0.6) is 0 Å². The fourth-order valence-electron chi connectivity index (χ4n) is 1.25. The van der Waals surface area contributed by atoms with Gasteiger partial charge in [0.2, 0.25) is 6.04 Å². The zero-order valence-corrected chi connectivity index (χ0v) is 8.38. The van der Waals surface area contributed by atoms with E-state index in [4.69, 9.17) is 0 Å². The van der Waals surface area contributed by atoms with Gasteiger partial charge in [0.1, 0.15) is 0 Å². The zero-order chi connectivity index (χ0) is 10.6. The highest BCUT2D eigenvalue weighted by Crippen LogP contribution is 2.11. The van der Waals surface area contributed by atoms with E-state index in [0.29, 0.717) is 6.54 Å². The van der Waals surface area contributed by atoms with Crippen LogP contribution in [0.15, 0.2) is 30.3 Å². The highest BCUT2D eigenvalue weighted by atomic mass is 16.6. The Bertz CT molecular complexity index is 300. The molecule has 0 N–H and O–H groups in total. The van der Waals surface area contributed by atoms with Crippen LogP contribution in [0.3, 0.4) is 0 Å². The van der Waals surface area contributed by atoms with Gasteiger partial charge in [-0.1, -0.05) is 18.2 Å². The predicted octanol–water partition coefficient (Wildman–Crippen LogP) is 1.79.